The molecule has 2 fully saturated rings. The van der Waals surface area contributed by atoms with Gasteiger partial charge >= 0.3 is 233 Å². The minimum Gasteiger partial charge on any atom is -0.605 e. The van der Waals surface area contributed by atoms with Gasteiger partial charge in [0, 0.05) is 0 Å². The second-order valence-corrected chi connectivity index (χ2v) is 7.56. The molecule has 0 unspecified atom stereocenters. The molecule has 0 N–H and O–H groups in total. The first kappa shape index (κ1) is 34.8. The molecule has 0 aromatic rings. The average Bonchev–Trinajstić information content (AvgIpc) is 2.40. The molecule has 0 atom stereocenters. The van der Waals surface area contributed by atoms with Crippen LogP contribution in [0.15, 0.2) is 0 Å². The van der Waals surface area contributed by atoms with Gasteiger partial charge in [-0.1, -0.05) is 40.2 Å². The van der Waals surface area contributed by atoms with Gasteiger partial charge in [-0.05, 0) is 49.4 Å². The Bertz CT molecular complexity index is 232. The van der Waals surface area contributed by atoms with Crippen molar-refractivity contribution in [3.63, 3.8) is 0 Å². The van der Waals surface area contributed by atoms with Gasteiger partial charge in [-0.25, -0.2) is 0 Å². The molecule has 1 heterocycles. The molecule has 23 heavy (non-hydrogen) atoms. The van der Waals surface area contributed by atoms with Crippen LogP contribution in [0.25, 0.3) is 0 Å². The second kappa shape index (κ2) is 19.8. The zero-order chi connectivity index (χ0) is 13.8. The molecule has 2 rings (SSSR count). The third kappa shape index (κ3) is 14.0. The van der Waals surface area contributed by atoms with Crippen LogP contribution in [0, 0.1) is 42.7 Å². The van der Waals surface area contributed by atoms with Crippen molar-refractivity contribution in [2.45, 2.75) is 66.2 Å². The number of hydrogen-bond donors (Lipinski definition) is 0. The summed E-state index contributed by atoms with van der Waals surface area (Å²) in [4.78, 5) is 2.51. The van der Waals surface area contributed by atoms with Crippen molar-refractivity contribution in [2.75, 3.05) is 6.54 Å². The molecule has 1 nitrogen and oxygen atoms in total. The Balaban J connectivity index is -0.000001000. The first-order valence-electron chi connectivity index (χ1n) is 8.48. The molecule has 0 spiro atoms. The molecule has 1 aliphatic carbocycles. The SMILES string of the molecule is CC(C)C1C[CH-]N(CC2CCC(C(C)C)CC2)[CH-]C1.[Rb+].[Rb+].[Rb+].[Rb+]. The monoisotopic (exact) mass is 603 g/mol. The fourth-order valence-electron chi connectivity index (χ4n) is 3.74. The molecule has 5 heteroatoms. The quantitative estimate of drug-likeness (QED) is 0.289. The van der Waals surface area contributed by atoms with Crippen molar-refractivity contribution in [1.29, 1.82) is 0 Å². The van der Waals surface area contributed by atoms with Crippen LogP contribution >= 0.6 is 0 Å². The van der Waals surface area contributed by atoms with Gasteiger partial charge in [0.25, 0.3) is 0 Å². The second-order valence-electron chi connectivity index (χ2n) is 7.56. The summed E-state index contributed by atoms with van der Waals surface area (Å²) in [7, 11) is 0. The number of nitrogens with zero attached hydrogens (tertiary/aromatic N) is 1. The topological polar surface area (TPSA) is 3.24 Å². The van der Waals surface area contributed by atoms with Crippen LogP contribution in [0.2, 0.25) is 0 Å². The predicted octanol–water partition coefficient (Wildman–Crippen LogP) is -6.84. The summed E-state index contributed by atoms with van der Waals surface area (Å²) >= 11 is 0. The molecule has 0 bridgehead atoms. The summed E-state index contributed by atoms with van der Waals surface area (Å²) in [6.45, 7) is 15.7. The fraction of sp³-hybridized carbons (Fsp3) is 0.889. The van der Waals surface area contributed by atoms with Gasteiger partial charge < -0.3 is 4.90 Å². The number of hydrogen-bond acceptors (Lipinski definition) is 1. The minimum atomic E-state index is 0. The smallest absolute Gasteiger partial charge is 0.605 e. The van der Waals surface area contributed by atoms with Crippen LogP contribution in [0.4, 0.5) is 0 Å². The van der Waals surface area contributed by atoms with Crippen molar-refractivity contribution in [3.05, 3.63) is 13.1 Å². The molecular formula is C18H33NRb4+2. The van der Waals surface area contributed by atoms with Gasteiger partial charge in [-0.2, -0.15) is 12.8 Å². The zero-order valence-electron chi connectivity index (χ0n) is 17.4. The Morgan fingerprint density at radius 1 is 0.739 bits per heavy atom. The predicted molar refractivity (Wildman–Crippen MR) is 83.2 cm³/mol. The van der Waals surface area contributed by atoms with E-state index in [0.717, 1.165) is 29.6 Å². The van der Waals surface area contributed by atoms with E-state index in [2.05, 4.69) is 45.7 Å². The molecule has 112 valence electrons. The summed E-state index contributed by atoms with van der Waals surface area (Å²) in [6.07, 6.45) is 8.41. The first-order chi connectivity index (χ1) is 9.06. The Kier molecular flexibility index (Phi) is 30.0. The van der Waals surface area contributed by atoms with Crippen molar-refractivity contribution >= 4 is 0 Å². The van der Waals surface area contributed by atoms with E-state index < -0.39 is 0 Å². The van der Waals surface area contributed by atoms with E-state index in [-0.39, 0.29) is 233 Å². The van der Waals surface area contributed by atoms with E-state index in [0.29, 0.717) is 0 Å². The number of piperidine rings is 1. The normalized spacial score (nSPS) is 25.8. The molecule has 1 saturated carbocycles. The van der Waals surface area contributed by atoms with E-state index >= 15 is 0 Å². The van der Waals surface area contributed by atoms with Gasteiger partial charge in [0.15, 0.2) is 0 Å². The molecule has 0 amide bonds. The van der Waals surface area contributed by atoms with E-state index in [1.165, 1.54) is 45.1 Å². The maximum atomic E-state index is 2.51. The van der Waals surface area contributed by atoms with Gasteiger partial charge in [0.1, 0.15) is 0 Å². The number of rotatable bonds is 4. The molecule has 1 saturated heterocycles. The van der Waals surface area contributed by atoms with E-state index in [4.69, 9.17) is 0 Å². The van der Waals surface area contributed by atoms with Gasteiger partial charge in [-0.15, -0.1) is 0 Å². The van der Waals surface area contributed by atoms with Crippen molar-refractivity contribution in [2.24, 2.45) is 29.6 Å². The van der Waals surface area contributed by atoms with Crippen LogP contribution < -0.4 is 233 Å². The van der Waals surface area contributed by atoms with Gasteiger partial charge in [0.2, 0.25) is 0 Å². The maximum Gasteiger partial charge on any atom is 1.00 e. The van der Waals surface area contributed by atoms with Crippen LogP contribution in [-0.4, -0.2) is 11.4 Å². The van der Waals surface area contributed by atoms with E-state index in [9.17, 15) is 0 Å². The van der Waals surface area contributed by atoms with Gasteiger partial charge in [-0.3, -0.25) is 13.1 Å². The summed E-state index contributed by atoms with van der Waals surface area (Å²) in [6, 6.07) is 0. The third-order valence-corrected chi connectivity index (χ3v) is 5.53. The fourth-order valence-corrected chi connectivity index (χ4v) is 3.74. The molecule has 0 aromatic heterocycles. The van der Waals surface area contributed by atoms with Crippen molar-refractivity contribution < 1.29 is 233 Å². The molecular weight excluding hydrogens is 572 g/mol. The summed E-state index contributed by atoms with van der Waals surface area (Å²) in [5.41, 5.74) is 0. The van der Waals surface area contributed by atoms with Gasteiger partial charge in [0.05, 0.1) is 0 Å². The van der Waals surface area contributed by atoms with E-state index in [1.807, 2.05) is 0 Å². The molecule has 1 aliphatic heterocycles. The van der Waals surface area contributed by atoms with Crippen LogP contribution in [-0.2, 0) is 0 Å². The first-order valence-corrected chi connectivity index (χ1v) is 8.48. The Hall–Kier alpha value is 7.18. The molecule has 2 aliphatic rings. The zero-order valence-corrected chi connectivity index (χ0v) is 37.1. The standard InChI is InChI=1S/C18H33N.4Rb/c1-14(2)17-7-5-16(6-8-17)13-19-11-9-18(10-12-19)15(3)4;;;;/h11-12,14-18H,5-10,13H2,1-4H3;;;;/q-2;4*+1. The Labute approximate surface area is 342 Å². The van der Waals surface area contributed by atoms with Crippen molar-refractivity contribution in [1.82, 2.24) is 4.90 Å². The number of likely N-dealkylation sites (tertiary alicyclic amines) is 1. The van der Waals surface area contributed by atoms with Crippen LogP contribution in [0.1, 0.15) is 66.2 Å². The van der Waals surface area contributed by atoms with E-state index in [1.54, 1.807) is 0 Å². The Morgan fingerprint density at radius 3 is 1.57 bits per heavy atom. The minimum absolute atomic E-state index is 0. The average molecular weight is 605 g/mol. The summed E-state index contributed by atoms with van der Waals surface area (Å²) in [5.74, 6) is 4.54. The van der Waals surface area contributed by atoms with Crippen LogP contribution in [0.5, 0.6) is 0 Å². The largest absolute Gasteiger partial charge is 1.00 e. The van der Waals surface area contributed by atoms with Crippen LogP contribution in [0.3, 0.4) is 0 Å². The maximum absolute atomic E-state index is 2.51. The van der Waals surface area contributed by atoms with Crippen molar-refractivity contribution in [3.8, 4) is 0 Å². The Morgan fingerprint density at radius 2 is 1.17 bits per heavy atom. The molecule has 0 radical (unpaired) electrons. The molecule has 0 aromatic carbocycles. The summed E-state index contributed by atoms with van der Waals surface area (Å²) in [5, 5.41) is 0. The summed E-state index contributed by atoms with van der Waals surface area (Å²) < 4.78 is 0. The third-order valence-electron chi connectivity index (χ3n) is 5.53.